The van der Waals surface area contributed by atoms with E-state index in [0.717, 1.165) is 10.1 Å². The van der Waals surface area contributed by atoms with Crippen molar-refractivity contribution in [3.05, 3.63) is 67.8 Å². The molecule has 0 radical (unpaired) electrons. The van der Waals surface area contributed by atoms with E-state index in [1.807, 2.05) is 6.07 Å². The predicted octanol–water partition coefficient (Wildman–Crippen LogP) is 2.07. The van der Waals surface area contributed by atoms with E-state index in [0.29, 0.717) is 28.6 Å². The van der Waals surface area contributed by atoms with Gasteiger partial charge in [-0.25, -0.2) is 4.79 Å². The Morgan fingerprint density at radius 1 is 1.14 bits per heavy atom. The maximum Gasteiger partial charge on any atom is 0.328 e. The van der Waals surface area contributed by atoms with E-state index in [-0.39, 0.29) is 24.3 Å². The highest BCUT2D eigenvalue weighted by molar-refractivity contribution is 6.30. The molecule has 1 aromatic heterocycles. The molecule has 0 unspecified atom stereocenters. The summed E-state index contributed by atoms with van der Waals surface area (Å²) in [5, 5.41) is 3.59. The fourth-order valence-corrected chi connectivity index (χ4v) is 3.14. The van der Waals surface area contributed by atoms with Crippen LogP contribution in [-0.4, -0.2) is 29.7 Å². The second-order valence-corrected chi connectivity index (χ2v) is 6.73. The van der Waals surface area contributed by atoms with E-state index in [1.165, 1.54) is 26.4 Å². The number of nitrogens with one attached hydrogen (secondary N) is 2. The fourth-order valence-electron chi connectivity index (χ4n) is 2.93. The molecule has 0 fully saturated rings. The second-order valence-electron chi connectivity index (χ2n) is 6.30. The van der Waals surface area contributed by atoms with Gasteiger partial charge in [0.1, 0.15) is 0 Å². The number of hydrogen-bond donors (Lipinski definition) is 2. The Hall–Kier alpha value is -3.26. The minimum Gasteiger partial charge on any atom is -0.493 e. The van der Waals surface area contributed by atoms with Crippen LogP contribution in [0.5, 0.6) is 11.5 Å². The van der Waals surface area contributed by atoms with Crippen molar-refractivity contribution in [2.75, 3.05) is 14.2 Å². The van der Waals surface area contributed by atoms with Crippen molar-refractivity contribution >= 4 is 28.4 Å². The normalized spacial score (nSPS) is 10.7. The third-order valence-electron chi connectivity index (χ3n) is 4.43. The largest absolute Gasteiger partial charge is 0.493 e. The number of fused-ring (bicyclic) bond motifs is 1. The average molecular weight is 418 g/mol. The molecular weight excluding hydrogens is 398 g/mol. The molecule has 8 nitrogen and oxygen atoms in total. The van der Waals surface area contributed by atoms with Crippen LogP contribution in [0.2, 0.25) is 5.02 Å². The smallest absolute Gasteiger partial charge is 0.328 e. The van der Waals surface area contributed by atoms with Crippen LogP contribution in [0.4, 0.5) is 0 Å². The molecule has 2 aromatic carbocycles. The van der Waals surface area contributed by atoms with Crippen LogP contribution in [-0.2, 0) is 17.9 Å². The summed E-state index contributed by atoms with van der Waals surface area (Å²) < 4.78 is 11.4. The van der Waals surface area contributed by atoms with Crippen molar-refractivity contribution in [3.63, 3.8) is 0 Å². The molecule has 3 rings (SSSR count). The standard InChI is InChI=1S/C20H20ClN3O5/c1-28-16-9-14-15(10-17(16)29-2)23-20(27)24(19(14)26)7-6-18(25)22-11-12-4-3-5-13(21)8-12/h3-5,8-10H,6-7,11H2,1-2H3,(H,22,25)(H,23,27). The number of aromatic amines is 1. The van der Waals surface area contributed by atoms with Crippen LogP contribution in [0.25, 0.3) is 10.9 Å². The number of carbonyl (C=O) groups excluding carboxylic acids is 1. The third-order valence-corrected chi connectivity index (χ3v) is 4.66. The van der Waals surface area contributed by atoms with Gasteiger partial charge in [0.2, 0.25) is 5.91 Å². The Kier molecular flexibility index (Phi) is 6.23. The molecule has 0 aliphatic rings. The number of aromatic nitrogens is 2. The number of amides is 1. The zero-order chi connectivity index (χ0) is 21.0. The molecule has 152 valence electrons. The van der Waals surface area contributed by atoms with Gasteiger partial charge < -0.3 is 19.8 Å². The van der Waals surface area contributed by atoms with Gasteiger partial charge in [0, 0.05) is 30.6 Å². The number of rotatable bonds is 7. The molecule has 2 N–H and O–H groups in total. The van der Waals surface area contributed by atoms with E-state index in [2.05, 4.69) is 10.3 Å². The first kappa shape index (κ1) is 20.5. The average Bonchev–Trinajstić information content (AvgIpc) is 2.71. The van der Waals surface area contributed by atoms with Gasteiger partial charge in [0.05, 0.1) is 25.1 Å². The van der Waals surface area contributed by atoms with Crippen LogP contribution in [0.1, 0.15) is 12.0 Å². The summed E-state index contributed by atoms with van der Waals surface area (Å²) in [4.78, 5) is 39.8. The van der Waals surface area contributed by atoms with Crippen LogP contribution in [0, 0.1) is 0 Å². The van der Waals surface area contributed by atoms with Crippen molar-refractivity contribution in [1.29, 1.82) is 0 Å². The number of nitrogens with zero attached hydrogens (tertiary/aromatic N) is 1. The van der Waals surface area contributed by atoms with Gasteiger partial charge in [-0.2, -0.15) is 0 Å². The summed E-state index contributed by atoms with van der Waals surface area (Å²) in [6.45, 7) is 0.249. The molecule has 0 saturated carbocycles. The second kappa shape index (κ2) is 8.83. The van der Waals surface area contributed by atoms with Gasteiger partial charge in [-0.15, -0.1) is 0 Å². The molecule has 0 aliphatic carbocycles. The van der Waals surface area contributed by atoms with Crippen molar-refractivity contribution in [1.82, 2.24) is 14.9 Å². The van der Waals surface area contributed by atoms with Crippen LogP contribution < -0.4 is 26.0 Å². The third kappa shape index (κ3) is 4.60. The quantitative estimate of drug-likeness (QED) is 0.612. The molecule has 3 aromatic rings. The number of ether oxygens (including phenoxy) is 2. The molecule has 1 heterocycles. The molecule has 0 aliphatic heterocycles. The van der Waals surface area contributed by atoms with Gasteiger partial charge >= 0.3 is 5.69 Å². The summed E-state index contributed by atoms with van der Waals surface area (Å²) in [5.41, 5.74) is 0.0802. The van der Waals surface area contributed by atoms with Crippen LogP contribution >= 0.6 is 11.6 Å². The van der Waals surface area contributed by atoms with E-state index in [9.17, 15) is 14.4 Å². The van der Waals surface area contributed by atoms with Crippen LogP contribution in [0.15, 0.2) is 46.0 Å². The maximum atomic E-state index is 12.7. The topological polar surface area (TPSA) is 102 Å². The van der Waals surface area contributed by atoms with Crippen LogP contribution in [0.3, 0.4) is 0 Å². The first-order valence-electron chi connectivity index (χ1n) is 8.83. The Morgan fingerprint density at radius 3 is 2.55 bits per heavy atom. The lowest BCUT2D eigenvalue weighted by Gasteiger charge is -2.11. The van der Waals surface area contributed by atoms with E-state index >= 15 is 0 Å². The molecule has 0 spiro atoms. The lowest BCUT2D eigenvalue weighted by Crippen LogP contribution is -2.36. The number of methoxy groups -OCH3 is 2. The highest BCUT2D eigenvalue weighted by Crippen LogP contribution is 2.29. The Balaban J connectivity index is 1.76. The zero-order valence-corrected chi connectivity index (χ0v) is 16.7. The van der Waals surface area contributed by atoms with E-state index < -0.39 is 11.2 Å². The first-order chi connectivity index (χ1) is 13.9. The Bertz CT molecular complexity index is 1170. The van der Waals surface area contributed by atoms with Gasteiger partial charge in [0.25, 0.3) is 5.56 Å². The van der Waals surface area contributed by atoms with Gasteiger partial charge in [-0.3, -0.25) is 14.2 Å². The van der Waals surface area contributed by atoms with E-state index in [4.69, 9.17) is 21.1 Å². The van der Waals surface area contributed by atoms with Gasteiger partial charge in [-0.1, -0.05) is 23.7 Å². The number of hydrogen-bond acceptors (Lipinski definition) is 5. The van der Waals surface area contributed by atoms with Crippen molar-refractivity contribution in [2.45, 2.75) is 19.5 Å². The maximum absolute atomic E-state index is 12.7. The molecule has 29 heavy (non-hydrogen) atoms. The van der Waals surface area contributed by atoms with Crippen molar-refractivity contribution in [2.24, 2.45) is 0 Å². The monoisotopic (exact) mass is 417 g/mol. The fraction of sp³-hybridized carbons (Fsp3) is 0.250. The molecular formula is C20H20ClN3O5. The van der Waals surface area contributed by atoms with Gasteiger partial charge in [-0.05, 0) is 23.8 Å². The predicted molar refractivity (Wildman–Crippen MR) is 110 cm³/mol. The summed E-state index contributed by atoms with van der Waals surface area (Å²) in [5.74, 6) is 0.479. The Labute approximate surface area is 171 Å². The molecule has 0 bridgehead atoms. The van der Waals surface area contributed by atoms with Gasteiger partial charge in [0.15, 0.2) is 11.5 Å². The number of benzene rings is 2. The highest BCUT2D eigenvalue weighted by atomic mass is 35.5. The summed E-state index contributed by atoms with van der Waals surface area (Å²) in [7, 11) is 2.92. The number of halogens is 1. The molecule has 0 saturated heterocycles. The highest BCUT2D eigenvalue weighted by Gasteiger charge is 2.13. The van der Waals surface area contributed by atoms with E-state index in [1.54, 1.807) is 18.2 Å². The number of H-pyrrole nitrogens is 1. The summed E-state index contributed by atoms with van der Waals surface area (Å²) >= 11 is 5.92. The van der Waals surface area contributed by atoms with Crippen molar-refractivity contribution in [3.8, 4) is 11.5 Å². The molecule has 1 amide bonds. The first-order valence-corrected chi connectivity index (χ1v) is 9.20. The molecule has 9 heteroatoms. The molecule has 0 atom stereocenters. The zero-order valence-electron chi connectivity index (χ0n) is 16.0. The lowest BCUT2D eigenvalue weighted by atomic mass is 10.2. The summed E-state index contributed by atoms with van der Waals surface area (Å²) in [6, 6.07) is 10.2. The SMILES string of the molecule is COc1cc2[nH]c(=O)n(CCC(=O)NCc3cccc(Cl)c3)c(=O)c2cc1OC. The minimum absolute atomic E-state index is 0.0254. The van der Waals surface area contributed by atoms with Crippen molar-refractivity contribution < 1.29 is 14.3 Å². The minimum atomic E-state index is -0.600. The lowest BCUT2D eigenvalue weighted by molar-refractivity contribution is -0.121. The Morgan fingerprint density at radius 2 is 1.86 bits per heavy atom. The summed E-state index contributed by atoms with van der Waals surface area (Å²) in [6.07, 6.45) is -0.0254. The number of carbonyl (C=O) groups is 1.